The standard InChI is InChI=1S/C19H38O.ClH.H3N/c1-4-7-8-9-10-11-12-13-18(15-19-16-20-19)14-17(5-2)6-3;;/h17-19H,4-16H2,1-3H3;1H;1H3. The second-order valence-corrected chi connectivity index (χ2v) is 6.89. The summed E-state index contributed by atoms with van der Waals surface area (Å²) in [7, 11) is 0. The van der Waals surface area contributed by atoms with E-state index in [0.29, 0.717) is 6.10 Å². The molecule has 0 radical (unpaired) electrons. The van der Waals surface area contributed by atoms with E-state index in [4.69, 9.17) is 4.74 Å². The van der Waals surface area contributed by atoms with E-state index in [0.717, 1.165) is 18.4 Å². The first-order valence-corrected chi connectivity index (χ1v) is 9.41. The molecule has 0 aliphatic carbocycles. The molecule has 1 heterocycles. The van der Waals surface area contributed by atoms with Crippen LogP contribution in [0.25, 0.3) is 0 Å². The van der Waals surface area contributed by atoms with Crippen LogP contribution in [-0.2, 0) is 4.74 Å². The van der Waals surface area contributed by atoms with Crippen LogP contribution in [0.3, 0.4) is 0 Å². The van der Waals surface area contributed by atoms with Crippen LogP contribution in [-0.4, -0.2) is 12.7 Å². The van der Waals surface area contributed by atoms with Gasteiger partial charge in [-0.15, -0.1) is 12.4 Å². The van der Waals surface area contributed by atoms with Crippen molar-refractivity contribution in [2.45, 2.75) is 104 Å². The summed E-state index contributed by atoms with van der Waals surface area (Å²) in [5, 5.41) is 0. The molecule has 2 nitrogen and oxygen atoms in total. The molecule has 0 aromatic rings. The van der Waals surface area contributed by atoms with Crippen molar-refractivity contribution < 1.29 is 4.74 Å². The van der Waals surface area contributed by atoms with Gasteiger partial charge in [-0.05, 0) is 24.7 Å². The molecule has 136 valence electrons. The molecule has 22 heavy (non-hydrogen) atoms. The first-order chi connectivity index (χ1) is 9.80. The van der Waals surface area contributed by atoms with Gasteiger partial charge in [-0.1, -0.05) is 85.0 Å². The van der Waals surface area contributed by atoms with Gasteiger partial charge in [0.15, 0.2) is 0 Å². The van der Waals surface area contributed by atoms with Gasteiger partial charge in [-0.2, -0.15) is 0 Å². The molecule has 3 N–H and O–H groups in total. The Morgan fingerprint density at radius 3 is 1.91 bits per heavy atom. The Labute approximate surface area is 146 Å². The zero-order chi connectivity index (χ0) is 14.6. The summed E-state index contributed by atoms with van der Waals surface area (Å²) in [5.41, 5.74) is 0. The van der Waals surface area contributed by atoms with Crippen molar-refractivity contribution in [3.63, 3.8) is 0 Å². The van der Waals surface area contributed by atoms with Crippen LogP contribution in [0, 0.1) is 11.8 Å². The quantitative estimate of drug-likeness (QED) is 0.276. The lowest BCUT2D eigenvalue weighted by Gasteiger charge is -2.21. The summed E-state index contributed by atoms with van der Waals surface area (Å²) in [6, 6.07) is 0. The smallest absolute Gasteiger partial charge is 0.0812 e. The monoisotopic (exact) mass is 335 g/mol. The Morgan fingerprint density at radius 1 is 0.864 bits per heavy atom. The van der Waals surface area contributed by atoms with E-state index in [2.05, 4.69) is 20.8 Å². The van der Waals surface area contributed by atoms with Crippen molar-refractivity contribution in [2.75, 3.05) is 6.61 Å². The summed E-state index contributed by atoms with van der Waals surface area (Å²) >= 11 is 0. The van der Waals surface area contributed by atoms with E-state index in [1.807, 2.05) is 0 Å². The molecule has 2 atom stereocenters. The lowest BCUT2D eigenvalue weighted by molar-refractivity contribution is 0.279. The number of ether oxygens (including phenoxy) is 1. The highest BCUT2D eigenvalue weighted by atomic mass is 35.5. The second-order valence-electron chi connectivity index (χ2n) is 6.89. The molecule has 1 aliphatic heterocycles. The summed E-state index contributed by atoms with van der Waals surface area (Å²) in [4.78, 5) is 0. The number of halogens is 1. The third-order valence-electron chi connectivity index (χ3n) is 5.04. The van der Waals surface area contributed by atoms with E-state index in [1.54, 1.807) is 0 Å². The third-order valence-corrected chi connectivity index (χ3v) is 5.04. The molecule has 3 heteroatoms. The molecule has 0 spiro atoms. The van der Waals surface area contributed by atoms with Crippen LogP contribution in [0.4, 0.5) is 0 Å². The van der Waals surface area contributed by atoms with E-state index < -0.39 is 0 Å². The van der Waals surface area contributed by atoms with Crippen molar-refractivity contribution in [1.82, 2.24) is 6.15 Å². The van der Waals surface area contributed by atoms with Crippen LogP contribution in [0.5, 0.6) is 0 Å². The number of rotatable bonds is 14. The minimum atomic E-state index is 0. The number of epoxide rings is 1. The van der Waals surface area contributed by atoms with Gasteiger partial charge < -0.3 is 10.9 Å². The maximum atomic E-state index is 5.46. The highest BCUT2D eigenvalue weighted by molar-refractivity contribution is 5.85. The van der Waals surface area contributed by atoms with E-state index in [1.165, 1.54) is 77.0 Å². The zero-order valence-corrected chi connectivity index (χ0v) is 16.3. The Kier molecular flexibility index (Phi) is 17.9. The van der Waals surface area contributed by atoms with Gasteiger partial charge in [0, 0.05) is 0 Å². The van der Waals surface area contributed by atoms with Crippen molar-refractivity contribution in [3.05, 3.63) is 0 Å². The van der Waals surface area contributed by atoms with Crippen LogP contribution < -0.4 is 6.15 Å². The molecular weight excluding hydrogens is 294 g/mol. The minimum Gasteiger partial charge on any atom is -0.373 e. The Balaban J connectivity index is 0. The van der Waals surface area contributed by atoms with Crippen molar-refractivity contribution >= 4 is 12.4 Å². The van der Waals surface area contributed by atoms with Gasteiger partial charge in [0.25, 0.3) is 0 Å². The van der Waals surface area contributed by atoms with Gasteiger partial charge in [0.1, 0.15) is 0 Å². The molecule has 2 unspecified atom stereocenters. The fraction of sp³-hybridized carbons (Fsp3) is 1.00. The average Bonchev–Trinajstić information content (AvgIpc) is 3.27. The number of unbranched alkanes of at least 4 members (excludes halogenated alkanes) is 6. The average molecular weight is 336 g/mol. The van der Waals surface area contributed by atoms with Crippen LogP contribution >= 0.6 is 12.4 Å². The molecular formula is C19H42ClNO. The van der Waals surface area contributed by atoms with Gasteiger partial charge in [-0.3, -0.25) is 0 Å². The summed E-state index contributed by atoms with van der Waals surface area (Å²) in [6.45, 7) is 8.04. The maximum absolute atomic E-state index is 5.46. The van der Waals surface area contributed by atoms with E-state index >= 15 is 0 Å². The number of hydrogen-bond donors (Lipinski definition) is 1. The van der Waals surface area contributed by atoms with Crippen LogP contribution in [0.1, 0.15) is 97.8 Å². The fourth-order valence-corrected chi connectivity index (χ4v) is 3.39. The molecule has 0 aromatic heterocycles. The largest absolute Gasteiger partial charge is 0.373 e. The van der Waals surface area contributed by atoms with E-state index in [9.17, 15) is 0 Å². The Hall–Kier alpha value is 0.210. The van der Waals surface area contributed by atoms with Crippen molar-refractivity contribution in [1.29, 1.82) is 0 Å². The normalized spacial score (nSPS) is 17.7. The third kappa shape index (κ3) is 12.7. The second kappa shape index (κ2) is 16.1. The highest BCUT2D eigenvalue weighted by Gasteiger charge is 2.27. The first kappa shape index (κ1) is 24.5. The fourth-order valence-electron chi connectivity index (χ4n) is 3.39. The molecule has 1 fully saturated rings. The molecule has 0 aromatic carbocycles. The summed E-state index contributed by atoms with van der Waals surface area (Å²) < 4.78 is 5.46. The topological polar surface area (TPSA) is 47.5 Å². The van der Waals surface area contributed by atoms with Gasteiger partial charge in [0.05, 0.1) is 12.7 Å². The highest BCUT2D eigenvalue weighted by Crippen LogP contribution is 2.30. The lowest BCUT2D eigenvalue weighted by Crippen LogP contribution is -2.11. The Bertz CT molecular complexity index is 217. The molecule has 1 aliphatic rings. The molecule has 1 saturated heterocycles. The predicted molar refractivity (Wildman–Crippen MR) is 101 cm³/mol. The number of hydrogen-bond acceptors (Lipinski definition) is 2. The molecule has 0 bridgehead atoms. The van der Waals surface area contributed by atoms with Gasteiger partial charge >= 0.3 is 0 Å². The van der Waals surface area contributed by atoms with Crippen LogP contribution in [0.2, 0.25) is 0 Å². The molecule has 1 rings (SSSR count). The zero-order valence-electron chi connectivity index (χ0n) is 15.4. The first-order valence-electron chi connectivity index (χ1n) is 9.41. The predicted octanol–water partition coefficient (Wildman–Crippen LogP) is 6.94. The summed E-state index contributed by atoms with van der Waals surface area (Å²) in [5.74, 6) is 1.88. The lowest BCUT2D eigenvalue weighted by atomic mass is 9.85. The van der Waals surface area contributed by atoms with Gasteiger partial charge in [-0.25, -0.2) is 0 Å². The maximum Gasteiger partial charge on any atom is 0.0812 e. The minimum absolute atomic E-state index is 0. The van der Waals surface area contributed by atoms with E-state index in [-0.39, 0.29) is 18.6 Å². The van der Waals surface area contributed by atoms with Crippen LogP contribution in [0.15, 0.2) is 0 Å². The molecule has 0 amide bonds. The van der Waals surface area contributed by atoms with Crippen molar-refractivity contribution in [3.8, 4) is 0 Å². The van der Waals surface area contributed by atoms with Crippen molar-refractivity contribution in [2.24, 2.45) is 11.8 Å². The Morgan fingerprint density at radius 2 is 1.41 bits per heavy atom. The molecule has 0 saturated carbocycles. The summed E-state index contributed by atoms with van der Waals surface area (Å²) in [6.07, 6.45) is 17.6. The SMILES string of the molecule is CCCCCCCCCC(CC(CC)CC)CC1CO1.Cl.N. The van der Waals surface area contributed by atoms with Gasteiger partial charge in [0.2, 0.25) is 0 Å².